The van der Waals surface area contributed by atoms with Gasteiger partial charge in [0.25, 0.3) is 5.91 Å². The Bertz CT molecular complexity index is 431. The number of carbonyl (C=O) groups is 1. The van der Waals surface area contributed by atoms with Gasteiger partial charge in [-0.3, -0.25) is 4.79 Å². The van der Waals surface area contributed by atoms with Gasteiger partial charge >= 0.3 is 0 Å². The van der Waals surface area contributed by atoms with Crippen LogP contribution in [0.2, 0.25) is 0 Å². The second kappa shape index (κ2) is 5.48. The molecule has 1 fully saturated rings. The molecule has 0 radical (unpaired) electrons. The average molecular weight is 247 g/mol. The number of primary amides is 1. The van der Waals surface area contributed by atoms with Gasteiger partial charge in [-0.2, -0.15) is 0 Å². The van der Waals surface area contributed by atoms with Crippen LogP contribution in [-0.4, -0.2) is 34.9 Å². The van der Waals surface area contributed by atoms with Gasteiger partial charge in [0.15, 0.2) is 0 Å². The van der Waals surface area contributed by atoms with E-state index in [4.69, 9.17) is 5.73 Å². The van der Waals surface area contributed by atoms with E-state index in [0.29, 0.717) is 17.7 Å². The third-order valence-corrected chi connectivity index (χ3v) is 3.62. The molecule has 2 heterocycles. The van der Waals surface area contributed by atoms with Crippen LogP contribution in [0.1, 0.15) is 48.8 Å². The smallest absolute Gasteiger partial charge is 0.267 e. The van der Waals surface area contributed by atoms with E-state index in [9.17, 15) is 4.79 Å². The number of rotatable bonds is 3. The highest BCUT2D eigenvalue weighted by Crippen LogP contribution is 2.26. The first-order chi connectivity index (χ1) is 8.58. The molecule has 4 nitrogen and oxygen atoms in total. The number of hydrogen-bond acceptors (Lipinski definition) is 3. The summed E-state index contributed by atoms with van der Waals surface area (Å²) in [6, 6.07) is 6.11. The number of piperidine rings is 1. The normalized spacial score (nSPS) is 21.2. The predicted octanol–water partition coefficient (Wildman–Crippen LogP) is 1.77. The van der Waals surface area contributed by atoms with Gasteiger partial charge in [0.2, 0.25) is 0 Å². The van der Waals surface area contributed by atoms with E-state index in [1.165, 1.54) is 6.42 Å². The SMILES string of the molecule is CC(C)N1CCCC(c2cccc(C(N)=O)n2)C1. The molecule has 0 aliphatic carbocycles. The van der Waals surface area contributed by atoms with Crippen molar-refractivity contribution in [2.45, 2.75) is 38.6 Å². The Hall–Kier alpha value is -1.42. The monoisotopic (exact) mass is 247 g/mol. The van der Waals surface area contributed by atoms with Crippen molar-refractivity contribution in [3.63, 3.8) is 0 Å². The molecule has 98 valence electrons. The lowest BCUT2D eigenvalue weighted by Crippen LogP contribution is -2.39. The first kappa shape index (κ1) is 13.0. The number of amides is 1. The Balaban J connectivity index is 2.15. The Labute approximate surface area is 108 Å². The zero-order valence-corrected chi connectivity index (χ0v) is 11.1. The van der Waals surface area contributed by atoms with Crippen LogP contribution >= 0.6 is 0 Å². The molecule has 1 aromatic heterocycles. The summed E-state index contributed by atoms with van der Waals surface area (Å²) < 4.78 is 0. The number of likely N-dealkylation sites (tertiary alicyclic amines) is 1. The number of nitrogens with two attached hydrogens (primary N) is 1. The average Bonchev–Trinajstić information content (AvgIpc) is 2.39. The molecule has 0 bridgehead atoms. The molecule has 0 spiro atoms. The fraction of sp³-hybridized carbons (Fsp3) is 0.571. The third-order valence-electron chi connectivity index (χ3n) is 3.62. The molecule has 4 heteroatoms. The lowest BCUT2D eigenvalue weighted by molar-refractivity contribution is 0.0995. The minimum atomic E-state index is -0.451. The Morgan fingerprint density at radius 1 is 1.50 bits per heavy atom. The number of hydrogen-bond donors (Lipinski definition) is 1. The maximum absolute atomic E-state index is 11.2. The molecule has 0 aromatic carbocycles. The van der Waals surface area contributed by atoms with E-state index in [2.05, 4.69) is 23.7 Å². The summed E-state index contributed by atoms with van der Waals surface area (Å²) >= 11 is 0. The van der Waals surface area contributed by atoms with Gasteiger partial charge in [-0.15, -0.1) is 0 Å². The number of nitrogens with zero attached hydrogens (tertiary/aromatic N) is 2. The molecule has 2 N–H and O–H groups in total. The first-order valence-corrected chi connectivity index (χ1v) is 6.58. The number of carbonyl (C=O) groups excluding carboxylic acids is 1. The highest BCUT2D eigenvalue weighted by molar-refractivity contribution is 5.90. The molecular formula is C14H21N3O. The fourth-order valence-electron chi connectivity index (χ4n) is 2.53. The van der Waals surface area contributed by atoms with Crippen molar-refractivity contribution in [3.8, 4) is 0 Å². The standard InChI is InChI=1S/C14H21N3O/c1-10(2)17-8-4-5-11(9-17)12-6-3-7-13(16-12)14(15)18/h3,6-7,10-11H,4-5,8-9H2,1-2H3,(H2,15,18). The minimum Gasteiger partial charge on any atom is -0.364 e. The van der Waals surface area contributed by atoms with Gasteiger partial charge in [-0.1, -0.05) is 6.07 Å². The lowest BCUT2D eigenvalue weighted by atomic mass is 9.93. The summed E-state index contributed by atoms with van der Waals surface area (Å²) in [5.74, 6) is -0.0335. The Kier molecular flexibility index (Phi) is 3.97. The Morgan fingerprint density at radius 2 is 2.28 bits per heavy atom. The van der Waals surface area contributed by atoms with Gasteiger partial charge in [0.05, 0.1) is 0 Å². The van der Waals surface area contributed by atoms with Crippen LogP contribution in [0, 0.1) is 0 Å². The van der Waals surface area contributed by atoms with Gasteiger partial charge in [0.1, 0.15) is 5.69 Å². The summed E-state index contributed by atoms with van der Waals surface area (Å²) in [5, 5.41) is 0. The van der Waals surface area contributed by atoms with Crippen molar-refractivity contribution in [3.05, 3.63) is 29.6 Å². The molecule has 2 rings (SSSR count). The molecule has 1 atom stereocenters. The van der Waals surface area contributed by atoms with E-state index in [1.807, 2.05) is 12.1 Å². The van der Waals surface area contributed by atoms with Crippen molar-refractivity contribution >= 4 is 5.91 Å². The maximum atomic E-state index is 11.2. The molecular weight excluding hydrogens is 226 g/mol. The number of pyridine rings is 1. The van der Waals surface area contributed by atoms with Crippen LogP contribution in [0.15, 0.2) is 18.2 Å². The summed E-state index contributed by atoms with van der Waals surface area (Å²) in [7, 11) is 0. The summed E-state index contributed by atoms with van der Waals surface area (Å²) in [6.07, 6.45) is 2.32. The summed E-state index contributed by atoms with van der Waals surface area (Å²) in [6.45, 7) is 6.61. The van der Waals surface area contributed by atoms with Crippen LogP contribution in [0.5, 0.6) is 0 Å². The second-order valence-electron chi connectivity index (χ2n) is 5.24. The van der Waals surface area contributed by atoms with E-state index >= 15 is 0 Å². The van der Waals surface area contributed by atoms with Crippen LogP contribution in [0.25, 0.3) is 0 Å². The van der Waals surface area contributed by atoms with Crippen LogP contribution < -0.4 is 5.73 Å². The minimum absolute atomic E-state index is 0.370. The van der Waals surface area contributed by atoms with Gasteiger partial charge in [-0.05, 0) is 45.4 Å². The zero-order valence-electron chi connectivity index (χ0n) is 11.1. The van der Waals surface area contributed by atoms with E-state index in [1.54, 1.807) is 6.07 Å². The fourth-order valence-corrected chi connectivity index (χ4v) is 2.53. The first-order valence-electron chi connectivity index (χ1n) is 6.58. The van der Waals surface area contributed by atoms with Crippen molar-refractivity contribution in [1.29, 1.82) is 0 Å². The molecule has 1 aliphatic rings. The largest absolute Gasteiger partial charge is 0.364 e. The summed E-state index contributed by atoms with van der Waals surface area (Å²) in [5.41, 5.74) is 6.64. The van der Waals surface area contributed by atoms with Gasteiger partial charge in [-0.25, -0.2) is 4.98 Å². The van der Waals surface area contributed by atoms with Crippen LogP contribution in [-0.2, 0) is 0 Å². The second-order valence-corrected chi connectivity index (χ2v) is 5.24. The van der Waals surface area contributed by atoms with Gasteiger partial charge in [0, 0.05) is 24.2 Å². The molecule has 0 saturated carbocycles. The van der Waals surface area contributed by atoms with E-state index < -0.39 is 5.91 Å². The van der Waals surface area contributed by atoms with Gasteiger partial charge < -0.3 is 10.6 Å². The Morgan fingerprint density at radius 3 is 2.94 bits per heavy atom. The molecule has 1 amide bonds. The predicted molar refractivity (Wildman–Crippen MR) is 71.4 cm³/mol. The molecule has 1 saturated heterocycles. The van der Waals surface area contributed by atoms with Crippen LogP contribution in [0.4, 0.5) is 0 Å². The number of aromatic nitrogens is 1. The van der Waals surface area contributed by atoms with Crippen molar-refractivity contribution in [1.82, 2.24) is 9.88 Å². The highest BCUT2D eigenvalue weighted by Gasteiger charge is 2.24. The van der Waals surface area contributed by atoms with Crippen LogP contribution in [0.3, 0.4) is 0 Å². The van der Waals surface area contributed by atoms with E-state index in [-0.39, 0.29) is 0 Å². The third kappa shape index (κ3) is 2.88. The zero-order chi connectivity index (χ0) is 13.1. The van der Waals surface area contributed by atoms with Crippen molar-refractivity contribution in [2.24, 2.45) is 5.73 Å². The topological polar surface area (TPSA) is 59.2 Å². The highest BCUT2D eigenvalue weighted by atomic mass is 16.1. The molecule has 1 aliphatic heterocycles. The molecule has 1 aromatic rings. The van der Waals surface area contributed by atoms with E-state index in [0.717, 1.165) is 25.2 Å². The quantitative estimate of drug-likeness (QED) is 0.885. The summed E-state index contributed by atoms with van der Waals surface area (Å²) in [4.78, 5) is 18.0. The molecule has 1 unspecified atom stereocenters. The molecule has 18 heavy (non-hydrogen) atoms. The maximum Gasteiger partial charge on any atom is 0.267 e. The lowest BCUT2D eigenvalue weighted by Gasteiger charge is -2.35. The van der Waals surface area contributed by atoms with Crippen molar-refractivity contribution in [2.75, 3.05) is 13.1 Å². The van der Waals surface area contributed by atoms with Crippen molar-refractivity contribution < 1.29 is 4.79 Å².